The first-order chi connectivity index (χ1) is 13.2. The number of nitrogens with one attached hydrogen (secondary N) is 1. The van der Waals surface area contributed by atoms with Crippen molar-refractivity contribution in [2.24, 2.45) is 0 Å². The Labute approximate surface area is 159 Å². The average Bonchev–Trinajstić information content (AvgIpc) is 2.66. The van der Waals surface area contributed by atoms with Gasteiger partial charge in [-0.15, -0.1) is 0 Å². The van der Waals surface area contributed by atoms with Crippen LogP contribution in [-0.4, -0.2) is 32.2 Å². The highest BCUT2D eigenvalue weighted by molar-refractivity contribution is 5.98. The lowest BCUT2D eigenvalue weighted by Gasteiger charge is -2.17. The number of ether oxygens (including phenoxy) is 3. The van der Waals surface area contributed by atoms with Gasteiger partial charge in [-0.2, -0.15) is 13.2 Å². The van der Waals surface area contributed by atoms with Gasteiger partial charge in [0, 0.05) is 0 Å². The maximum Gasteiger partial charge on any atom is 0.418 e. The van der Waals surface area contributed by atoms with Crippen molar-refractivity contribution < 1.29 is 37.0 Å². The van der Waals surface area contributed by atoms with E-state index in [1.54, 1.807) is 6.07 Å². The van der Waals surface area contributed by atoms with Crippen LogP contribution in [0.5, 0.6) is 11.5 Å². The van der Waals surface area contributed by atoms with Crippen LogP contribution in [0.3, 0.4) is 0 Å². The van der Waals surface area contributed by atoms with Gasteiger partial charge < -0.3 is 19.5 Å². The maximum atomic E-state index is 13.0. The number of benzene rings is 2. The van der Waals surface area contributed by atoms with Gasteiger partial charge in [-0.05, 0) is 37.3 Å². The van der Waals surface area contributed by atoms with Gasteiger partial charge in [-0.1, -0.05) is 12.1 Å². The molecule has 0 spiro atoms. The summed E-state index contributed by atoms with van der Waals surface area (Å²) in [6.07, 6.45) is -6.00. The fraction of sp³-hybridized carbons (Fsp3) is 0.263. The number of hydrogen-bond acceptors (Lipinski definition) is 5. The Hall–Kier alpha value is -3.23. The molecule has 2 rings (SSSR count). The zero-order chi connectivity index (χ0) is 20.9. The summed E-state index contributed by atoms with van der Waals surface area (Å²) >= 11 is 0. The molecule has 0 aliphatic carbocycles. The molecule has 150 valence electrons. The molecule has 1 amide bonds. The summed E-state index contributed by atoms with van der Waals surface area (Å²) in [7, 11) is 2.76. The number of halogens is 3. The van der Waals surface area contributed by atoms with Crippen molar-refractivity contribution in [3.8, 4) is 11.5 Å². The van der Waals surface area contributed by atoms with Crippen LogP contribution >= 0.6 is 0 Å². The molecule has 0 saturated heterocycles. The van der Waals surface area contributed by atoms with Crippen molar-refractivity contribution in [1.29, 1.82) is 0 Å². The Bertz CT molecular complexity index is 867. The Morgan fingerprint density at radius 2 is 1.71 bits per heavy atom. The molecule has 6 nitrogen and oxygen atoms in total. The number of carbonyl (C=O) groups excluding carboxylic acids is 2. The van der Waals surface area contributed by atoms with Gasteiger partial charge in [0.1, 0.15) is 17.1 Å². The number of rotatable bonds is 6. The second-order valence-corrected chi connectivity index (χ2v) is 5.65. The molecular weight excluding hydrogens is 379 g/mol. The minimum atomic E-state index is -4.64. The van der Waals surface area contributed by atoms with Crippen LogP contribution in [0.15, 0.2) is 42.5 Å². The van der Waals surface area contributed by atoms with Crippen molar-refractivity contribution >= 4 is 17.6 Å². The van der Waals surface area contributed by atoms with Crippen LogP contribution < -0.4 is 14.8 Å². The zero-order valence-electron chi connectivity index (χ0n) is 15.3. The standard InChI is InChI=1S/C19H18F3NO5/c1-11(17(24)23-15-7-5-4-6-14(15)19(20,21)22)28-18(25)13-10-12(26-2)8-9-16(13)27-3/h4-11H,1-3H3,(H,23,24)/t11-/m0/s1. The Kier molecular flexibility index (Phi) is 6.50. The minimum absolute atomic E-state index is 0.0113. The summed E-state index contributed by atoms with van der Waals surface area (Å²) in [4.78, 5) is 24.6. The van der Waals surface area contributed by atoms with E-state index in [1.807, 2.05) is 0 Å². The molecule has 1 atom stereocenters. The average molecular weight is 397 g/mol. The van der Waals surface area contributed by atoms with E-state index >= 15 is 0 Å². The fourth-order valence-electron chi connectivity index (χ4n) is 2.32. The van der Waals surface area contributed by atoms with Gasteiger partial charge in [0.15, 0.2) is 6.10 Å². The largest absolute Gasteiger partial charge is 0.497 e. The first-order valence-electron chi connectivity index (χ1n) is 8.07. The number of para-hydroxylation sites is 1. The molecular formula is C19H18F3NO5. The van der Waals surface area contributed by atoms with Crippen molar-refractivity contribution in [2.45, 2.75) is 19.2 Å². The molecule has 0 radical (unpaired) electrons. The Balaban J connectivity index is 2.15. The van der Waals surface area contributed by atoms with E-state index in [9.17, 15) is 22.8 Å². The highest BCUT2D eigenvalue weighted by Crippen LogP contribution is 2.34. The second-order valence-electron chi connectivity index (χ2n) is 5.65. The lowest BCUT2D eigenvalue weighted by atomic mass is 10.1. The summed E-state index contributed by atoms with van der Waals surface area (Å²) in [5, 5.41) is 2.13. The number of hydrogen-bond donors (Lipinski definition) is 1. The molecule has 0 unspecified atom stereocenters. The van der Waals surface area contributed by atoms with E-state index in [0.29, 0.717) is 5.75 Å². The SMILES string of the molecule is COc1ccc(OC)c(C(=O)O[C@@H](C)C(=O)Nc2ccccc2C(F)(F)F)c1. The maximum absolute atomic E-state index is 13.0. The van der Waals surface area contributed by atoms with Gasteiger partial charge >= 0.3 is 12.1 Å². The topological polar surface area (TPSA) is 73.9 Å². The van der Waals surface area contributed by atoms with Crippen LogP contribution in [0.1, 0.15) is 22.8 Å². The minimum Gasteiger partial charge on any atom is -0.497 e. The lowest BCUT2D eigenvalue weighted by molar-refractivity contribution is -0.137. The van der Waals surface area contributed by atoms with Crippen molar-refractivity contribution in [2.75, 3.05) is 19.5 Å². The molecule has 0 aliphatic heterocycles. The molecule has 2 aromatic rings. The number of amides is 1. The molecule has 0 heterocycles. The second kappa shape index (κ2) is 8.64. The van der Waals surface area contributed by atoms with Gasteiger partial charge in [0.2, 0.25) is 0 Å². The lowest BCUT2D eigenvalue weighted by Crippen LogP contribution is -2.31. The van der Waals surface area contributed by atoms with E-state index in [1.165, 1.54) is 45.4 Å². The van der Waals surface area contributed by atoms with Gasteiger partial charge in [0.25, 0.3) is 5.91 Å². The van der Waals surface area contributed by atoms with Crippen LogP contribution in [-0.2, 0) is 15.7 Å². The molecule has 1 N–H and O–H groups in total. The first-order valence-corrected chi connectivity index (χ1v) is 8.07. The molecule has 0 aromatic heterocycles. The zero-order valence-corrected chi connectivity index (χ0v) is 15.3. The van der Waals surface area contributed by atoms with Crippen LogP contribution in [0, 0.1) is 0 Å². The molecule has 0 fully saturated rings. The van der Waals surface area contributed by atoms with Gasteiger partial charge in [-0.3, -0.25) is 4.79 Å². The number of methoxy groups -OCH3 is 2. The number of carbonyl (C=O) groups is 2. The van der Waals surface area contributed by atoms with Crippen LogP contribution in [0.4, 0.5) is 18.9 Å². The van der Waals surface area contributed by atoms with Crippen LogP contribution in [0.2, 0.25) is 0 Å². The number of esters is 1. The van der Waals surface area contributed by atoms with Crippen LogP contribution in [0.25, 0.3) is 0 Å². The molecule has 0 aliphatic rings. The van der Waals surface area contributed by atoms with Gasteiger partial charge in [-0.25, -0.2) is 4.79 Å². The van der Waals surface area contributed by atoms with Gasteiger partial charge in [0.05, 0.1) is 25.5 Å². The molecule has 9 heteroatoms. The summed E-state index contributed by atoms with van der Waals surface area (Å²) < 4.78 is 54.2. The summed E-state index contributed by atoms with van der Waals surface area (Å²) in [6, 6.07) is 8.93. The van der Waals surface area contributed by atoms with E-state index in [4.69, 9.17) is 14.2 Å². The number of anilines is 1. The fourth-order valence-corrected chi connectivity index (χ4v) is 2.32. The third-order valence-electron chi connectivity index (χ3n) is 3.77. The monoisotopic (exact) mass is 397 g/mol. The summed E-state index contributed by atoms with van der Waals surface area (Å²) in [5.41, 5.74) is -1.42. The molecule has 28 heavy (non-hydrogen) atoms. The Morgan fingerprint density at radius 1 is 1.04 bits per heavy atom. The third kappa shape index (κ3) is 4.93. The Morgan fingerprint density at radius 3 is 2.32 bits per heavy atom. The van der Waals surface area contributed by atoms with E-state index in [0.717, 1.165) is 12.1 Å². The highest BCUT2D eigenvalue weighted by Gasteiger charge is 2.34. The van der Waals surface area contributed by atoms with E-state index in [2.05, 4.69) is 5.32 Å². The molecule has 0 saturated carbocycles. The van der Waals surface area contributed by atoms with Crippen molar-refractivity contribution in [3.05, 3.63) is 53.6 Å². The number of alkyl halides is 3. The predicted octanol–water partition coefficient (Wildman–Crippen LogP) is 3.91. The van der Waals surface area contributed by atoms with Crippen molar-refractivity contribution in [1.82, 2.24) is 0 Å². The van der Waals surface area contributed by atoms with E-state index in [-0.39, 0.29) is 11.3 Å². The molecule has 2 aromatic carbocycles. The predicted molar refractivity (Wildman–Crippen MR) is 94.5 cm³/mol. The van der Waals surface area contributed by atoms with E-state index < -0.39 is 35.4 Å². The smallest absolute Gasteiger partial charge is 0.418 e. The van der Waals surface area contributed by atoms with Crippen molar-refractivity contribution in [3.63, 3.8) is 0 Å². The summed E-state index contributed by atoms with van der Waals surface area (Å²) in [5.74, 6) is -1.24. The third-order valence-corrected chi connectivity index (χ3v) is 3.77. The normalized spacial score (nSPS) is 12.1. The first kappa shape index (κ1) is 21.1. The summed E-state index contributed by atoms with van der Waals surface area (Å²) in [6.45, 7) is 1.25. The quantitative estimate of drug-likeness (QED) is 0.749. The highest BCUT2D eigenvalue weighted by atomic mass is 19.4. The molecule has 0 bridgehead atoms.